The van der Waals surface area contributed by atoms with Gasteiger partial charge < -0.3 is 0 Å². The quantitative estimate of drug-likeness (QED) is 0.746. The molecule has 0 spiro atoms. The first kappa shape index (κ1) is 12.4. The smallest absolute Gasteiger partial charge is 0.158 e. The van der Waals surface area contributed by atoms with E-state index in [1.54, 1.807) is 0 Å². The maximum absolute atomic E-state index is 12.0. The third-order valence-electron chi connectivity index (χ3n) is 5.11. The predicted molar refractivity (Wildman–Crippen MR) is 73.5 cm³/mol. The molecule has 1 saturated heterocycles. The van der Waals surface area contributed by atoms with Gasteiger partial charge in [0.1, 0.15) is 0 Å². The van der Waals surface area contributed by atoms with Crippen LogP contribution in [0.5, 0.6) is 0 Å². The van der Waals surface area contributed by atoms with E-state index in [9.17, 15) is 4.79 Å². The molecule has 3 aliphatic rings. The standard InChI is InChI=1S/C16H25NO/c1-2-8-17-9-4-6-13-10-14-12(11-15(13)17)5-3-7-16(14)18/h13,15H,2-11H2,1H3/t13-,15-/m0/s1. The fraction of sp³-hybridized carbons (Fsp3) is 0.812. The normalized spacial score (nSPS) is 33.3. The molecule has 3 rings (SSSR count). The van der Waals surface area contributed by atoms with Crippen molar-refractivity contribution < 1.29 is 4.79 Å². The maximum Gasteiger partial charge on any atom is 0.158 e. The van der Waals surface area contributed by atoms with E-state index in [2.05, 4.69) is 11.8 Å². The van der Waals surface area contributed by atoms with Gasteiger partial charge in [0.2, 0.25) is 0 Å². The summed E-state index contributed by atoms with van der Waals surface area (Å²) in [4.78, 5) is 14.7. The number of ketones is 1. The first-order valence-corrected chi connectivity index (χ1v) is 7.77. The second-order valence-electron chi connectivity index (χ2n) is 6.27. The number of hydrogen-bond donors (Lipinski definition) is 0. The zero-order chi connectivity index (χ0) is 12.5. The molecule has 0 unspecified atom stereocenters. The number of Topliss-reactive ketones (excluding diaryl/α,β-unsaturated/α-hetero) is 1. The molecule has 2 heteroatoms. The highest BCUT2D eigenvalue weighted by atomic mass is 16.1. The molecule has 0 N–H and O–H groups in total. The number of carbonyl (C=O) groups excluding carboxylic acids is 1. The third-order valence-corrected chi connectivity index (χ3v) is 5.11. The van der Waals surface area contributed by atoms with Gasteiger partial charge in [-0.2, -0.15) is 0 Å². The van der Waals surface area contributed by atoms with Gasteiger partial charge in [-0.05, 0) is 69.5 Å². The van der Waals surface area contributed by atoms with E-state index in [1.165, 1.54) is 56.3 Å². The zero-order valence-electron chi connectivity index (χ0n) is 11.6. The van der Waals surface area contributed by atoms with Gasteiger partial charge in [0.05, 0.1) is 0 Å². The van der Waals surface area contributed by atoms with Crippen molar-refractivity contribution in [1.82, 2.24) is 4.90 Å². The van der Waals surface area contributed by atoms with Crippen LogP contribution in [0, 0.1) is 5.92 Å². The molecule has 0 aromatic heterocycles. The third kappa shape index (κ3) is 2.16. The van der Waals surface area contributed by atoms with Crippen molar-refractivity contribution in [2.45, 2.75) is 64.3 Å². The molecule has 1 aliphatic heterocycles. The van der Waals surface area contributed by atoms with Gasteiger partial charge >= 0.3 is 0 Å². The number of rotatable bonds is 2. The van der Waals surface area contributed by atoms with Gasteiger partial charge in [0, 0.05) is 12.5 Å². The Morgan fingerprint density at radius 1 is 1.22 bits per heavy atom. The Kier molecular flexibility index (Phi) is 3.56. The summed E-state index contributed by atoms with van der Waals surface area (Å²) in [6.07, 6.45) is 9.34. The lowest BCUT2D eigenvalue weighted by Crippen LogP contribution is -2.48. The highest BCUT2D eigenvalue weighted by Gasteiger charge is 2.38. The highest BCUT2D eigenvalue weighted by Crippen LogP contribution is 2.42. The number of fused-ring (bicyclic) bond motifs is 1. The fourth-order valence-corrected chi connectivity index (χ4v) is 4.27. The van der Waals surface area contributed by atoms with Crippen LogP contribution >= 0.6 is 0 Å². The lowest BCUT2D eigenvalue weighted by atomic mass is 9.71. The van der Waals surface area contributed by atoms with Crippen LogP contribution < -0.4 is 0 Å². The van der Waals surface area contributed by atoms with Crippen LogP contribution in [0.25, 0.3) is 0 Å². The zero-order valence-corrected chi connectivity index (χ0v) is 11.6. The van der Waals surface area contributed by atoms with Crippen molar-refractivity contribution in [1.29, 1.82) is 0 Å². The fourth-order valence-electron chi connectivity index (χ4n) is 4.27. The number of nitrogens with zero attached hydrogens (tertiary/aromatic N) is 1. The summed E-state index contributed by atoms with van der Waals surface area (Å²) in [7, 11) is 0. The molecule has 0 aromatic rings. The number of allylic oxidation sites excluding steroid dienone is 1. The second kappa shape index (κ2) is 5.16. The summed E-state index contributed by atoms with van der Waals surface area (Å²) in [6, 6.07) is 0.753. The Hall–Kier alpha value is -0.630. The number of hydrogen-bond acceptors (Lipinski definition) is 2. The molecule has 2 aliphatic carbocycles. The summed E-state index contributed by atoms with van der Waals surface area (Å²) in [5.74, 6) is 1.24. The van der Waals surface area contributed by atoms with Crippen molar-refractivity contribution >= 4 is 5.78 Å². The summed E-state index contributed by atoms with van der Waals surface area (Å²) in [5, 5.41) is 0. The van der Waals surface area contributed by atoms with Crippen molar-refractivity contribution in [3.8, 4) is 0 Å². The lowest BCUT2D eigenvalue weighted by Gasteiger charge is -2.46. The maximum atomic E-state index is 12.0. The van der Waals surface area contributed by atoms with Gasteiger partial charge in [-0.3, -0.25) is 9.69 Å². The van der Waals surface area contributed by atoms with Crippen molar-refractivity contribution in [2.24, 2.45) is 5.92 Å². The number of piperidine rings is 1. The van der Waals surface area contributed by atoms with E-state index in [1.807, 2.05) is 0 Å². The molecular formula is C16H25NO. The van der Waals surface area contributed by atoms with E-state index in [-0.39, 0.29) is 0 Å². The second-order valence-corrected chi connectivity index (χ2v) is 6.27. The number of likely N-dealkylation sites (tertiary alicyclic amines) is 1. The van der Waals surface area contributed by atoms with E-state index < -0.39 is 0 Å². The Morgan fingerprint density at radius 2 is 2.11 bits per heavy atom. The molecule has 100 valence electrons. The van der Waals surface area contributed by atoms with Crippen molar-refractivity contribution in [3.05, 3.63) is 11.1 Å². The topological polar surface area (TPSA) is 20.3 Å². The molecule has 2 atom stereocenters. The molecule has 0 amide bonds. The van der Waals surface area contributed by atoms with Crippen molar-refractivity contribution in [2.75, 3.05) is 13.1 Å². The van der Waals surface area contributed by atoms with Gasteiger partial charge in [-0.15, -0.1) is 0 Å². The molecule has 2 nitrogen and oxygen atoms in total. The Bertz CT molecular complexity index is 369. The van der Waals surface area contributed by atoms with Crippen LogP contribution in [-0.4, -0.2) is 29.8 Å². The van der Waals surface area contributed by atoms with Crippen LogP contribution in [0.2, 0.25) is 0 Å². The predicted octanol–water partition coefficient (Wildman–Crippen LogP) is 3.32. The highest BCUT2D eigenvalue weighted by molar-refractivity contribution is 5.97. The van der Waals surface area contributed by atoms with E-state index in [0.717, 1.165) is 31.2 Å². The minimum Gasteiger partial charge on any atom is -0.300 e. The molecular weight excluding hydrogens is 222 g/mol. The van der Waals surface area contributed by atoms with Crippen LogP contribution in [0.15, 0.2) is 11.1 Å². The number of carbonyl (C=O) groups is 1. The Balaban J connectivity index is 1.81. The SMILES string of the molecule is CCCN1CCC[C@H]2CC3=C(CCCC3=O)C[C@@H]21. The lowest BCUT2D eigenvalue weighted by molar-refractivity contribution is -0.116. The van der Waals surface area contributed by atoms with Gasteiger partial charge in [-0.25, -0.2) is 0 Å². The molecule has 0 aromatic carbocycles. The molecule has 0 bridgehead atoms. The van der Waals surface area contributed by atoms with Gasteiger partial charge in [0.15, 0.2) is 5.78 Å². The molecule has 0 radical (unpaired) electrons. The first-order chi connectivity index (χ1) is 8.79. The van der Waals surface area contributed by atoms with Gasteiger partial charge in [-0.1, -0.05) is 12.5 Å². The van der Waals surface area contributed by atoms with Crippen molar-refractivity contribution in [3.63, 3.8) is 0 Å². The summed E-state index contributed by atoms with van der Waals surface area (Å²) in [5.41, 5.74) is 2.77. The summed E-state index contributed by atoms with van der Waals surface area (Å²) < 4.78 is 0. The van der Waals surface area contributed by atoms with Crippen LogP contribution in [0.4, 0.5) is 0 Å². The summed E-state index contributed by atoms with van der Waals surface area (Å²) >= 11 is 0. The summed E-state index contributed by atoms with van der Waals surface area (Å²) in [6.45, 7) is 4.81. The Morgan fingerprint density at radius 3 is 2.94 bits per heavy atom. The van der Waals surface area contributed by atoms with Gasteiger partial charge in [0.25, 0.3) is 0 Å². The van der Waals surface area contributed by atoms with Crippen LogP contribution in [0.1, 0.15) is 58.3 Å². The largest absolute Gasteiger partial charge is 0.300 e. The molecule has 18 heavy (non-hydrogen) atoms. The minimum atomic E-state index is 0.474. The molecule has 1 heterocycles. The molecule has 0 saturated carbocycles. The van der Waals surface area contributed by atoms with E-state index >= 15 is 0 Å². The average molecular weight is 247 g/mol. The Labute approximate surface area is 110 Å². The van der Waals surface area contributed by atoms with E-state index in [0.29, 0.717) is 5.78 Å². The minimum absolute atomic E-state index is 0.474. The van der Waals surface area contributed by atoms with E-state index in [4.69, 9.17) is 0 Å². The van der Waals surface area contributed by atoms with Crippen LogP contribution in [0.3, 0.4) is 0 Å². The first-order valence-electron chi connectivity index (χ1n) is 7.77. The monoisotopic (exact) mass is 247 g/mol. The van der Waals surface area contributed by atoms with Crippen LogP contribution in [-0.2, 0) is 4.79 Å². The average Bonchev–Trinajstić information content (AvgIpc) is 2.38. The molecule has 1 fully saturated rings.